The minimum atomic E-state index is -3.71. The van der Waals surface area contributed by atoms with Crippen LogP contribution < -0.4 is 46.1 Å². The first-order valence-electron chi connectivity index (χ1n) is 36.1. The van der Waals surface area contributed by atoms with Crippen LogP contribution in [0.4, 0.5) is 69.4 Å². The van der Waals surface area contributed by atoms with Crippen molar-refractivity contribution in [2.45, 2.75) is 154 Å². The molecule has 0 radical (unpaired) electrons. The highest BCUT2D eigenvalue weighted by Gasteiger charge is 2.28. The van der Waals surface area contributed by atoms with E-state index in [0.717, 1.165) is 60.5 Å². The Bertz CT molecular complexity index is 5260. The van der Waals surface area contributed by atoms with Crippen LogP contribution in [0, 0.1) is 41.5 Å². The summed E-state index contributed by atoms with van der Waals surface area (Å²) < 4.78 is 108. The van der Waals surface area contributed by atoms with E-state index in [9.17, 15) is 25.3 Å². The number of ether oxygens (including phenoxy) is 3. The molecule has 12 aromatic rings. The molecule has 6 aromatic carbocycles. The largest absolute Gasteiger partial charge is 0.489 e. The van der Waals surface area contributed by atoms with Crippen molar-refractivity contribution >= 4 is 134 Å². The van der Waals surface area contributed by atoms with E-state index in [-0.39, 0.29) is 83.4 Å². The average Bonchev–Trinajstić information content (AvgIpc) is 1.56. The summed E-state index contributed by atoms with van der Waals surface area (Å²) in [5.74, 6) is 4.55. The molecule has 0 saturated carbocycles. The minimum Gasteiger partial charge on any atom is -0.489 e. The third-order valence-corrected chi connectivity index (χ3v) is 24.0. The fraction of sp³-hybridized carbons (Fsp3) is 0.287. The summed E-state index contributed by atoms with van der Waals surface area (Å²) in [7, 11) is -7.85. The van der Waals surface area contributed by atoms with Gasteiger partial charge in [-0.2, -0.15) is 20.1 Å². The zero-order chi connectivity index (χ0) is 82.8. The van der Waals surface area contributed by atoms with Crippen molar-refractivity contribution in [3.8, 4) is 51.2 Å². The molecular weight excluding hydrogens is 1580 g/mol. The monoisotopic (exact) mass is 1670 g/mol. The van der Waals surface area contributed by atoms with Gasteiger partial charge in [0.1, 0.15) is 37.2 Å². The Morgan fingerprint density at radius 2 is 0.737 bits per heavy atom. The zero-order valence-electron chi connectivity index (χ0n) is 66.1. The Morgan fingerprint density at radius 1 is 0.412 bits per heavy atom. The number of benzene rings is 6. The van der Waals surface area contributed by atoms with Crippen molar-refractivity contribution in [2.75, 3.05) is 46.0 Å². The number of halogens is 3. The van der Waals surface area contributed by atoms with Crippen LogP contribution in [0.15, 0.2) is 170 Å². The number of hydrogen-bond acceptors (Lipinski definition) is 26. The topological polar surface area (TPSA) is 364 Å². The normalized spacial score (nSPS) is 11.7. The van der Waals surface area contributed by atoms with E-state index in [1.807, 2.05) is 138 Å². The van der Waals surface area contributed by atoms with Gasteiger partial charge in [0.15, 0.2) is 48.6 Å². The van der Waals surface area contributed by atoms with Crippen molar-refractivity contribution < 1.29 is 48.5 Å². The lowest BCUT2D eigenvalue weighted by Gasteiger charge is -2.18. The quantitative estimate of drug-likeness (QED) is 0.0251. The molecule has 0 unspecified atom stereocenters. The van der Waals surface area contributed by atoms with E-state index in [1.165, 1.54) is 38.8 Å². The fourth-order valence-electron chi connectivity index (χ4n) is 11.2. The van der Waals surface area contributed by atoms with E-state index < -0.39 is 40.2 Å². The fourth-order valence-corrected chi connectivity index (χ4v) is 15.0. The number of aryl methyl sites for hydroxylation is 6. The number of nitrogens with one attached hydrogen (secondary N) is 7. The second-order valence-corrected chi connectivity index (χ2v) is 36.3. The van der Waals surface area contributed by atoms with E-state index in [2.05, 4.69) is 82.3 Å². The third kappa shape index (κ3) is 20.9. The van der Waals surface area contributed by atoms with Crippen LogP contribution in [0.5, 0.6) is 17.2 Å². The van der Waals surface area contributed by atoms with Gasteiger partial charge in [0.2, 0.25) is 27.9 Å². The average molecular weight is 1670 g/mol. The van der Waals surface area contributed by atoms with E-state index in [0.29, 0.717) is 62.9 Å². The number of nitrogens with zero attached hydrogens (tertiary/aromatic N) is 10. The van der Waals surface area contributed by atoms with Crippen LogP contribution in [0.2, 0.25) is 15.1 Å². The van der Waals surface area contributed by atoms with Gasteiger partial charge >= 0.3 is 0 Å². The van der Waals surface area contributed by atoms with Gasteiger partial charge in [-0.1, -0.05) is 81.5 Å². The number of para-hydroxylation sites is 3. The summed E-state index contributed by atoms with van der Waals surface area (Å²) in [6, 6.07) is 37.0. The van der Waals surface area contributed by atoms with Crippen molar-refractivity contribution in [3.63, 3.8) is 0 Å². The van der Waals surface area contributed by atoms with Crippen LogP contribution >= 0.6 is 34.8 Å². The predicted molar refractivity (Wildman–Crippen MR) is 449 cm³/mol. The SMILES string of the molecule is Cc1cc(-c2cc(Nc3ncc(Cl)c(Nc4ccccc4S(=O)(=O)C(C)C)n3)c(OC(C)C)cc2C)n[nH]1.Cc1cc(-c2cc(Nc3ncc(Cl)c(Nc4ccccc4S(=O)(=O)C(C)C)n3)c(OC(C)C)cc2C)on1.Cc1cc(-c2cc(Nc3ncc(Cl)c(Nc4ccccc4S(=O)(=O)N(C)C)n3)c(OC(C)C)cc2C)on1. The lowest BCUT2D eigenvalue weighted by Crippen LogP contribution is -2.23. The molecule has 34 heteroatoms. The van der Waals surface area contributed by atoms with Gasteiger partial charge in [-0.05, 0) is 206 Å². The standard InChI is InChI=1S/C27H31ClN6O3S.C27H30ClN5O4S.C26H29ClN6O4S/c1-15(2)37-24-11-17(5)19(22-12-18(6)33-34-22)13-23(24)31-27-29-14-20(28)26(32-27)30-21-9-7-8-10-25(21)38(35,36)16(3)4;1-15(2)36-24-11-17(5)19(23-12-18(6)33-37-23)13-22(24)31-27-29-14-20(28)26(32-27)30-21-9-7-8-10-25(21)38(34,35)16(3)4;1-15(2)36-23-11-16(3)18(22-12-17(4)32-37-22)13-21(23)30-26-28-14-19(27)25(31-26)29-20-9-7-8-10-24(20)38(34,35)33(5)6/h7-16H,1-6H3,(H,33,34)(H2,29,30,31,32);7-16H,1-6H3,(H2,29,30,31,32);7-15H,1-6H3,(H2,28,29,30,31). The number of rotatable bonds is 27. The number of anilines is 12. The van der Waals surface area contributed by atoms with E-state index in [1.54, 1.807) is 94.4 Å². The molecule has 7 N–H and O–H groups in total. The van der Waals surface area contributed by atoms with Crippen molar-refractivity contribution in [1.82, 2.24) is 54.7 Å². The number of aromatic amines is 1. The van der Waals surface area contributed by atoms with Gasteiger partial charge in [0.25, 0.3) is 0 Å². The Balaban J connectivity index is 0.000000181. The smallest absolute Gasteiger partial charge is 0.244 e. The van der Waals surface area contributed by atoms with Gasteiger partial charge in [-0.15, -0.1) is 0 Å². The van der Waals surface area contributed by atoms with Gasteiger partial charge in [-0.25, -0.2) is 44.5 Å². The van der Waals surface area contributed by atoms with Crippen molar-refractivity contribution in [1.29, 1.82) is 0 Å². The molecule has 0 aliphatic heterocycles. The zero-order valence-corrected chi connectivity index (χ0v) is 70.8. The lowest BCUT2D eigenvalue weighted by molar-refractivity contribution is 0.243. The van der Waals surface area contributed by atoms with Crippen LogP contribution in [0.1, 0.15) is 103 Å². The Labute approximate surface area is 678 Å². The molecule has 0 aliphatic rings. The molecule has 114 heavy (non-hydrogen) atoms. The number of sulfone groups is 2. The van der Waals surface area contributed by atoms with Gasteiger partial charge < -0.3 is 55.2 Å². The molecule has 0 spiro atoms. The molecule has 0 fully saturated rings. The van der Waals surface area contributed by atoms with Gasteiger partial charge in [-0.3, -0.25) is 5.10 Å². The highest BCUT2D eigenvalue weighted by Crippen LogP contribution is 2.42. The number of aromatic nitrogens is 10. The number of H-pyrrole nitrogens is 1. The molecule has 0 bridgehead atoms. The molecule has 0 saturated heterocycles. The van der Waals surface area contributed by atoms with Crippen LogP contribution in [-0.4, -0.2) is 123 Å². The molecule has 6 aromatic heterocycles. The van der Waals surface area contributed by atoms with Crippen LogP contribution in [0.25, 0.3) is 33.9 Å². The molecule has 0 atom stereocenters. The summed E-state index contributed by atoms with van der Waals surface area (Å²) in [6.07, 6.45) is 4.12. The first-order valence-corrected chi connectivity index (χ1v) is 41.7. The first-order chi connectivity index (χ1) is 53.9. The highest BCUT2D eigenvalue weighted by atomic mass is 35.5. The van der Waals surface area contributed by atoms with Crippen LogP contribution in [-0.2, 0) is 29.7 Å². The summed E-state index contributed by atoms with van der Waals surface area (Å²) in [4.78, 5) is 27.0. The predicted octanol–water partition coefficient (Wildman–Crippen LogP) is 19.4. The maximum absolute atomic E-state index is 12.9. The summed E-state index contributed by atoms with van der Waals surface area (Å²) in [5.41, 5.74) is 11.7. The third-order valence-electron chi connectivity index (χ3n) is 16.8. The summed E-state index contributed by atoms with van der Waals surface area (Å²) in [6.45, 7) is 29.8. The van der Waals surface area contributed by atoms with Crippen molar-refractivity contribution in [2.24, 2.45) is 0 Å². The molecule has 0 amide bonds. The lowest BCUT2D eigenvalue weighted by atomic mass is 10.0. The number of sulfonamides is 1. The Morgan fingerprint density at radius 3 is 1.04 bits per heavy atom. The first kappa shape index (κ1) is 85.5. The van der Waals surface area contributed by atoms with E-state index >= 15 is 0 Å². The molecule has 28 nitrogen and oxygen atoms in total. The maximum Gasteiger partial charge on any atom is 0.244 e. The Kier molecular flexibility index (Phi) is 27.4. The van der Waals surface area contributed by atoms with Crippen molar-refractivity contribution in [3.05, 3.63) is 195 Å². The van der Waals surface area contributed by atoms with E-state index in [4.69, 9.17) is 58.1 Å². The molecule has 0 aliphatic carbocycles. The number of hydrogen-bond donors (Lipinski definition) is 7. The minimum absolute atomic E-state index is 0.0591. The molecule has 6 heterocycles. The summed E-state index contributed by atoms with van der Waals surface area (Å²) >= 11 is 19.2. The highest BCUT2D eigenvalue weighted by molar-refractivity contribution is 7.92. The second kappa shape index (κ2) is 36.5. The molecule has 600 valence electrons. The summed E-state index contributed by atoms with van der Waals surface area (Å²) in [5, 5.41) is 33.7. The van der Waals surface area contributed by atoms with Gasteiger partial charge in [0.05, 0.1) is 108 Å². The molecular formula is C80H90Cl3N17O11S3. The molecule has 12 rings (SSSR count). The van der Waals surface area contributed by atoms with Gasteiger partial charge in [0, 0.05) is 48.6 Å². The second-order valence-electron chi connectivity index (χ2n) is 28.0. The maximum atomic E-state index is 12.9. The Hall–Kier alpha value is -10.9. The van der Waals surface area contributed by atoms with Crippen LogP contribution in [0.3, 0.4) is 0 Å².